The molecule has 0 bridgehead atoms. The van der Waals surface area contributed by atoms with Gasteiger partial charge in [0.05, 0.1) is 22.3 Å². The molecule has 2 heterocycles. The number of carbonyl (C=O) groups is 1. The Morgan fingerprint density at radius 2 is 2.00 bits per heavy atom. The number of para-hydroxylation sites is 1. The van der Waals surface area contributed by atoms with Crippen molar-refractivity contribution in [3.05, 3.63) is 69.7 Å². The Bertz CT molecular complexity index is 1120. The van der Waals surface area contributed by atoms with Crippen molar-refractivity contribution in [2.45, 2.75) is 23.4 Å². The lowest BCUT2D eigenvalue weighted by molar-refractivity contribution is -0.115. The molecule has 28 heavy (non-hydrogen) atoms. The number of rotatable bonds is 6. The molecular weight excluding hydrogens is 430 g/mol. The Kier molecular flexibility index (Phi) is 5.96. The number of benzene rings is 2. The molecule has 0 spiro atoms. The number of hydrogen-bond acceptors (Lipinski definition) is 6. The Hall–Kier alpha value is -1.93. The first kappa shape index (κ1) is 19.4. The molecule has 1 amide bonds. The summed E-state index contributed by atoms with van der Waals surface area (Å²) in [6, 6.07) is 13.8. The average molecular weight is 446 g/mol. The number of aromatic nitrogens is 2. The highest BCUT2D eigenvalue weighted by Crippen LogP contribution is 2.29. The third kappa shape index (κ3) is 4.72. The number of nitrogens with zero attached hydrogens (tertiary/aromatic N) is 2. The maximum atomic E-state index is 12.4. The van der Waals surface area contributed by atoms with Crippen molar-refractivity contribution in [1.29, 1.82) is 0 Å². The van der Waals surface area contributed by atoms with E-state index in [1.807, 2.05) is 54.8 Å². The standard InChI is InChI=1S/C20H16ClN3OS3/c1-12-3-2-4-16-18(12)24-19(28-16)23-17(25)9-15-11-27-20(22-15)26-10-13-5-7-14(21)8-6-13/h2-8,11H,9-10H2,1H3,(H,23,24,25). The molecule has 0 aliphatic carbocycles. The van der Waals surface area contributed by atoms with E-state index < -0.39 is 0 Å². The van der Waals surface area contributed by atoms with E-state index in [2.05, 4.69) is 15.3 Å². The molecule has 0 fully saturated rings. The maximum absolute atomic E-state index is 12.4. The maximum Gasteiger partial charge on any atom is 0.232 e. The van der Waals surface area contributed by atoms with Crippen LogP contribution in [0.4, 0.5) is 5.13 Å². The second kappa shape index (κ2) is 8.61. The number of anilines is 1. The summed E-state index contributed by atoms with van der Waals surface area (Å²) < 4.78 is 2.03. The van der Waals surface area contributed by atoms with E-state index in [-0.39, 0.29) is 12.3 Å². The number of thioether (sulfide) groups is 1. The Balaban J connectivity index is 1.34. The minimum Gasteiger partial charge on any atom is -0.302 e. The second-order valence-electron chi connectivity index (χ2n) is 6.19. The van der Waals surface area contributed by atoms with Gasteiger partial charge in [-0.1, -0.05) is 59.0 Å². The number of thiazole rings is 2. The predicted octanol–water partition coefficient (Wildman–Crippen LogP) is 6.19. The summed E-state index contributed by atoms with van der Waals surface area (Å²) in [5.41, 5.74) is 4.02. The van der Waals surface area contributed by atoms with Gasteiger partial charge in [-0.05, 0) is 36.2 Å². The third-order valence-electron chi connectivity index (χ3n) is 4.01. The number of amides is 1. The topological polar surface area (TPSA) is 54.9 Å². The third-order valence-corrected chi connectivity index (χ3v) is 7.34. The van der Waals surface area contributed by atoms with Crippen LogP contribution in [0.1, 0.15) is 16.8 Å². The minimum atomic E-state index is -0.101. The first-order valence-electron chi connectivity index (χ1n) is 8.54. The number of aryl methyl sites for hydroxylation is 1. The van der Waals surface area contributed by atoms with E-state index in [1.165, 1.54) is 16.9 Å². The van der Waals surface area contributed by atoms with E-state index in [0.29, 0.717) is 5.13 Å². The van der Waals surface area contributed by atoms with Crippen LogP contribution >= 0.6 is 46.0 Å². The van der Waals surface area contributed by atoms with Crippen molar-refractivity contribution in [3.8, 4) is 0 Å². The van der Waals surface area contributed by atoms with E-state index >= 15 is 0 Å². The molecule has 0 saturated heterocycles. The van der Waals surface area contributed by atoms with Gasteiger partial charge in [-0.25, -0.2) is 9.97 Å². The fraction of sp³-hybridized carbons (Fsp3) is 0.150. The summed E-state index contributed by atoms with van der Waals surface area (Å²) in [6.45, 7) is 2.02. The Morgan fingerprint density at radius 1 is 1.18 bits per heavy atom. The highest BCUT2D eigenvalue weighted by atomic mass is 35.5. The van der Waals surface area contributed by atoms with Crippen LogP contribution in [0.25, 0.3) is 10.2 Å². The molecule has 8 heteroatoms. The Labute approximate surface area is 180 Å². The summed E-state index contributed by atoms with van der Waals surface area (Å²) in [4.78, 5) is 21.4. The molecule has 4 rings (SSSR count). The fourth-order valence-electron chi connectivity index (χ4n) is 2.63. The van der Waals surface area contributed by atoms with Crippen molar-refractivity contribution >= 4 is 67.3 Å². The molecule has 0 aliphatic rings. The van der Waals surface area contributed by atoms with Crippen LogP contribution in [0.3, 0.4) is 0 Å². The average Bonchev–Trinajstić information content (AvgIpc) is 3.28. The van der Waals surface area contributed by atoms with Crippen molar-refractivity contribution in [2.24, 2.45) is 0 Å². The highest BCUT2D eigenvalue weighted by molar-refractivity contribution is 8.00. The van der Waals surface area contributed by atoms with Crippen LogP contribution in [-0.4, -0.2) is 15.9 Å². The molecule has 1 N–H and O–H groups in total. The molecule has 2 aromatic heterocycles. The van der Waals surface area contributed by atoms with Crippen LogP contribution in [-0.2, 0) is 17.0 Å². The van der Waals surface area contributed by atoms with Crippen molar-refractivity contribution < 1.29 is 4.79 Å². The van der Waals surface area contributed by atoms with Crippen LogP contribution in [0.5, 0.6) is 0 Å². The summed E-state index contributed by atoms with van der Waals surface area (Å²) in [5, 5.41) is 6.19. The molecule has 0 aliphatic heterocycles. The molecule has 4 nitrogen and oxygen atoms in total. The van der Waals surface area contributed by atoms with Crippen molar-refractivity contribution in [3.63, 3.8) is 0 Å². The zero-order valence-corrected chi connectivity index (χ0v) is 18.1. The lowest BCUT2D eigenvalue weighted by Gasteiger charge is -2.00. The van der Waals surface area contributed by atoms with E-state index in [1.54, 1.807) is 23.1 Å². The lowest BCUT2D eigenvalue weighted by Crippen LogP contribution is -2.14. The van der Waals surface area contributed by atoms with E-state index in [9.17, 15) is 4.79 Å². The van der Waals surface area contributed by atoms with Gasteiger partial charge >= 0.3 is 0 Å². The molecule has 0 radical (unpaired) electrons. The quantitative estimate of drug-likeness (QED) is 0.359. The van der Waals surface area contributed by atoms with Gasteiger partial charge in [0.25, 0.3) is 0 Å². The van der Waals surface area contributed by atoms with Gasteiger partial charge in [0, 0.05) is 16.2 Å². The normalized spacial score (nSPS) is 11.1. The second-order valence-corrected chi connectivity index (χ2v) is 9.73. The molecule has 4 aromatic rings. The van der Waals surface area contributed by atoms with Gasteiger partial charge in [-0.15, -0.1) is 11.3 Å². The van der Waals surface area contributed by atoms with Crippen LogP contribution < -0.4 is 5.32 Å². The zero-order chi connectivity index (χ0) is 19.5. The monoisotopic (exact) mass is 445 g/mol. The molecular formula is C20H16ClN3OS3. The summed E-state index contributed by atoms with van der Waals surface area (Å²) in [6.07, 6.45) is 0.243. The van der Waals surface area contributed by atoms with Crippen molar-refractivity contribution in [1.82, 2.24) is 9.97 Å². The Morgan fingerprint density at radius 3 is 2.79 bits per heavy atom. The number of fused-ring (bicyclic) bond motifs is 1. The van der Waals surface area contributed by atoms with Gasteiger partial charge < -0.3 is 5.32 Å². The molecule has 0 atom stereocenters. The SMILES string of the molecule is Cc1cccc2sc(NC(=O)Cc3csc(SCc4ccc(Cl)cc4)n3)nc12. The highest BCUT2D eigenvalue weighted by Gasteiger charge is 2.12. The first-order chi connectivity index (χ1) is 13.6. The molecule has 0 unspecified atom stereocenters. The lowest BCUT2D eigenvalue weighted by atomic mass is 10.2. The van der Waals surface area contributed by atoms with E-state index in [4.69, 9.17) is 11.6 Å². The van der Waals surface area contributed by atoms with Gasteiger partial charge in [0.1, 0.15) is 4.34 Å². The minimum absolute atomic E-state index is 0.101. The van der Waals surface area contributed by atoms with Crippen LogP contribution in [0, 0.1) is 6.92 Å². The zero-order valence-electron chi connectivity index (χ0n) is 14.9. The van der Waals surface area contributed by atoms with E-state index in [0.717, 1.165) is 36.6 Å². The smallest absolute Gasteiger partial charge is 0.232 e. The number of nitrogens with one attached hydrogen (secondary N) is 1. The molecule has 0 saturated carbocycles. The van der Waals surface area contributed by atoms with Gasteiger partial charge in [-0.2, -0.15) is 0 Å². The fourth-order valence-corrected chi connectivity index (χ4v) is 5.52. The molecule has 2 aromatic carbocycles. The number of halogens is 1. The van der Waals surface area contributed by atoms with Gasteiger partial charge in [0.2, 0.25) is 5.91 Å². The summed E-state index contributed by atoms with van der Waals surface area (Å²) in [5.74, 6) is 0.720. The summed E-state index contributed by atoms with van der Waals surface area (Å²) >= 11 is 10.6. The predicted molar refractivity (Wildman–Crippen MR) is 120 cm³/mol. The van der Waals surface area contributed by atoms with Gasteiger partial charge in [-0.3, -0.25) is 4.79 Å². The van der Waals surface area contributed by atoms with Crippen LogP contribution in [0.15, 0.2) is 52.2 Å². The first-order valence-corrected chi connectivity index (χ1v) is 11.6. The van der Waals surface area contributed by atoms with Crippen molar-refractivity contribution in [2.75, 3.05) is 5.32 Å². The number of carbonyl (C=O) groups excluding carboxylic acids is 1. The molecule has 142 valence electrons. The van der Waals surface area contributed by atoms with Crippen LogP contribution in [0.2, 0.25) is 5.02 Å². The number of hydrogen-bond donors (Lipinski definition) is 1. The summed E-state index contributed by atoms with van der Waals surface area (Å²) in [7, 11) is 0. The largest absolute Gasteiger partial charge is 0.302 e. The van der Waals surface area contributed by atoms with Gasteiger partial charge in [0.15, 0.2) is 5.13 Å².